The molecule has 2 heterocycles. The fourth-order valence-electron chi connectivity index (χ4n) is 1.14. The van der Waals surface area contributed by atoms with E-state index in [9.17, 15) is 0 Å². The number of allylic oxidation sites excluding steroid dienone is 1. The number of thiophene rings is 1. The van der Waals surface area contributed by atoms with Gasteiger partial charge in [-0.15, -0.1) is 11.3 Å². The molecule has 1 aliphatic heterocycles. The Morgan fingerprint density at radius 3 is 3.00 bits per heavy atom. The molecule has 0 unspecified atom stereocenters. The average Bonchev–Trinajstić information content (AvgIpc) is 2.63. The van der Waals surface area contributed by atoms with Crippen molar-refractivity contribution in [2.75, 3.05) is 0 Å². The van der Waals surface area contributed by atoms with E-state index >= 15 is 0 Å². The van der Waals surface area contributed by atoms with Crippen molar-refractivity contribution in [3.63, 3.8) is 0 Å². The SMILES string of the molecule is C=C1NC=C(Cc2cccs2)N1. The summed E-state index contributed by atoms with van der Waals surface area (Å²) in [7, 11) is 0. The first kappa shape index (κ1) is 7.43. The molecule has 1 aromatic heterocycles. The standard InChI is InChI=1S/C9H10N2S/c1-7-10-6-8(11-7)5-9-3-2-4-12-9/h2-4,6,10-11H,1,5H2. The fraction of sp³-hybridized carbons (Fsp3) is 0.111. The summed E-state index contributed by atoms with van der Waals surface area (Å²) in [5.41, 5.74) is 1.18. The van der Waals surface area contributed by atoms with Crippen LogP contribution in [0, 0.1) is 0 Å². The summed E-state index contributed by atoms with van der Waals surface area (Å²) in [4.78, 5) is 1.37. The van der Waals surface area contributed by atoms with Crippen LogP contribution in [0.4, 0.5) is 0 Å². The highest BCUT2D eigenvalue weighted by molar-refractivity contribution is 7.09. The predicted octanol–water partition coefficient (Wildman–Crippen LogP) is 1.80. The summed E-state index contributed by atoms with van der Waals surface area (Å²) in [5.74, 6) is 0.863. The van der Waals surface area contributed by atoms with Gasteiger partial charge in [0.15, 0.2) is 0 Å². The van der Waals surface area contributed by atoms with Gasteiger partial charge in [0.05, 0.1) is 5.82 Å². The quantitative estimate of drug-likeness (QED) is 0.721. The summed E-state index contributed by atoms with van der Waals surface area (Å²) in [6, 6.07) is 4.20. The molecule has 0 saturated carbocycles. The average molecular weight is 178 g/mol. The molecule has 0 saturated heterocycles. The Labute approximate surface area is 75.6 Å². The van der Waals surface area contributed by atoms with Crippen LogP contribution in [-0.4, -0.2) is 0 Å². The van der Waals surface area contributed by atoms with Crippen LogP contribution >= 0.6 is 11.3 Å². The third-order valence-electron chi connectivity index (χ3n) is 1.68. The van der Waals surface area contributed by atoms with Gasteiger partial charge in [-0.3, -0.25) is 0 Å². The zero-order valence-electron chi connectivity index (χ0n) is 6.63. The van der Waals surface area contributed by atoms with Gasteiger partial charge in [-0.05, 0) is 11.4 Å². The van der Waals surface area contributed by atoms with Crippen LogP contribution < -0.4 is 10.6 Å². The predicted molar refractivity (Wildman–Crippen MR) is 51.5 cm³/mol. The monoisotopic (exact) mass is 178 g/mol. The maximum Gasteiger partial charge on any atom is 0.0995 e. The highest BCUT2D eigenvalue weighted by Crippen LogP contribution is 2.14. The zero-order valence-corrected chi connectivity index (χ0v) is 7.45. The molecule has 0 radical (unpaired) electrons. The molecule has 1 aromatic rings. The number of hydrogen-bond donors (Lipinski definition) is 2. The lowest BCUT2D eigenvalue weighted by Crippen LogP contribution is -2.11. The molecule has 2 rings (SSSR count). The molecular formula is C9H10N2S. The highest BCUT2D eigenvalue weighted by Gasteiger charge is 2.06. The smallest absolute Gasteiger partial charge is 0.0995 e. The Morgan fingerprint density at radius 2 is 2.42 bits per heavy atom. The van der Waals surface area contributed by atoms with E-state index in [-0.39, 0.29) is 0 Å². The lowest BCUT2D eigenvalue weighted by Gasteiger charge is -2.00. The van der Waals surface area contributed by atoms with E-state index in [1.54, 1.807) is 11.3 Å². The molecule has 0 bridgehead atoms. The Balaban J connectivity index is 2.01. The zero-order chi connectivity index (χ0) is 8.39. The first-order valence-electron chi connectivity index (χ1n) is 3.78. The Hall–Kier alpha value is -1.22. The lowest BCUT2D eigenvalue weighted by atomic mass is 10.3. The van der Waals surface area contributed by atoms with Gasteiger partial charge in [0.1, 0.15) is 0 Å². The molecular weight excluding hydrogens is 168 g/mol. The van der Waals surface area contributed by atoms with E-state index in [4.69, 9.17) is 0 Å². The molecule has 12 heavy (non-hydrogen) atoms. The largest absolute Gasteiger partial charge is 0.347 e. The topological polar surface area (TPSA) is 24.1 Å². The van der Waals surface area contributed by atoms with E-state index in [1.807, 2.05) is 6.20 Å². The first-order chi connectivity index (χ1) is 5.84. The minimum atomic E-state index is 0.863. The van der Waals surface area contributed by atoms with E-state index in [0.717, 1.165) is 12.2 Å². The summed E-state index contributed by atoms with van der Waals surface area (Å²) in [5, 5.41) is 8.26. The van der Waals surface area contributed by atoms with Crippen LogP contribution in [-0.2, 0) is 6.42 Å². The van der Waals surface area contributed by atoms with Crippen molar-refractivity contribution in [3.8, 4) is 0 Å². The second kappa shape index (κ2) is 3.03. The molecule has 0 amide bonds. The Bertz CT molecular complexity index is 311. The summed E-state index contributed by atoms with van der Waals surface area (Å²) < 4.78 is 0. The number of hydrogen-bond acceptors (Lipinski definition) is 3. The molecule has 2 N–H and O–H groups in total. The molecule has 2 nitrogen and oxygen atoms in total. The third-order valence-corrected chi connectivity index (χ3v) is 2.55. The Kier molecular flexibility index (Phi) is 1.87. The van der Waals surface area contributed by atoms with Crippen molar-refractivity contribution in [2.45, 2.75) is 6.42 Å². The molecule has 0 fully saturated rings. The van der Waals surface area contributed by atoms with Crippen molar-refractivity contribution in [1.82, 2.24) is 10.6 Å². The number of rotatable bonds is 2. The second-order valence-electron chi connectivity index (χ2n) is 2.67. The van der Waals surface area contributed by atoms with Gasteiger partial charge in [-0.2, -0.15) is 0 Å². The summed E-state index contributed by atoms with van der Waals surface area (Å²) in [6.45, 7) is 3.76. The van der Waals surface area contributed by atoms with Gasteiger partial charge >= 0.3 is 0 Å². The van der Waals surface area contributed by atoms with Crippen molar-refractivity contribution in [1.29, 1.82) is 0 Å². The summed E-state index contributed by atoms with van der Waals surface area (Å²) in [6.07, 6.45) is 2.92. The molecule has 0 aromatic carbocycles. The summed E-state index contributed by atoms with van der Waals surface area (Å²) >= 11 is 1.77. The van der Waals surface area contributed by atoms with Gasteiger partial charge in [0.25, 0.3) is 0 Å². The van der Waals surface area contributed by atoms with E-state index in [1.165, 1.54) is 10.6 Å². The van der Waals surface area contributed by atoms with Crippen molar-refractivity contribution in [2.24, 2.45) is 0 Å². The van der Waals surface area contributed by atoms with Crippen LogP contribution in [0.3, 0.4) is 0 Å². The number of nitrogens with one attached hydrogen (secondary N) is 2. The van der Waals surface area contributed by atoms with Gasteiger partial charge in [-0.25, -0.2) is 0 Å². The van der Waals surface area contributed by atoms with Crippen LogP contribution in [0.1, 0.15) is 4.88 Å². The fourth-order valence-corrected chi connectivity index (χ4v) is 1.86. The normalized spacial score (nSPS) is 15.3. The molecule has 62 valence electrons. The van der Waals surface area contributed by atoms with Crippen molar-refractivity contribution < 1.29 is 0 Å². The lowest BCUT2D eigenvalue weighted by molar-refractivity contribution is 0.933. The van der Waals surface area contributed by atoms with Crippen molar-refractivity contribution in [3.05, 3.63) is 46.7 Å². The first-order valence-corrected chi connectivity index (χ1v) is 4.66. The van der Waals surface area contributed by atoms with E-state index in [2.05, 4.69) is 34.7 Å². The van der Waals surface area contributed by atoms with Crippen molar-refractivity contribution >= 4 is 11.3 Å². The maximum absolute atomic E-state index is 3.76. The van der Waals surface area contributed by atoms with Crippen LogP contribution in [0.5, 0.6) is 0 Å². The minimum absolute atomic E-state index is 0.863. The Morgan fingerprint density at radius 1 is 1.50 bits per heavy atom. The minimum Gasteiger partial charge on any atom is -0.347 e. The highest BCUT2D eigenvalue weighted by atomic mass is 32.1. The van der Waals surface area contributed by atoms with E-state index < -0.39 is 0 Å². The van der Waals surface area contributed by atoms with Crippen LogP contribution in [0.15, 0.2) is 41.8 Å². The van der Waals surface area contributed by atoms with Gasteiger partial charge < -0.3 is 10.6 Å². The van der Waals surface area contributed by atoms with Gasteiger partial charge in [-0.1, -0.05) is 12.6 Å². The van der Waals surface area contributed by atoms with Crippen LogP contribution in [0.2, 0.25) is 0 Å². The maximum atomic E-state index is 3.76. The molecule has 0 spiro atoms. The molecule has 1 aliphatic rings. The molecule has 0 atom stereocenters. The second-order valence-corrected chi connectivity index (χ2v) is 3.71. The van der Waals surface area contributed by atoms with Gasteiger partial charge in [0.2, 0.25) is 0 Å². The molecule has 3 heteroatoms. The van der Waals surface area contributed by atoms with Crippen LogP contribution in [0.25, 0.3) is 0 Å². The van der Waals surface area contributed by atoms with E-state index in [0.29, 0.717) is 0 Å². The third kappa shape index (κ3) is 1.51. The molecule has 0 aliphatic carbocycles. The van der Waals surface area contributed by atoms with Gasteiger partial charge in [0, 0.05) is 23.2 Å².